The van der Waals surface area contributed by atoms with Gasteiger partial charge < -0.3 is 11.1 Å². The molecule has 3 N–H and O–H groups in total. The topological polar surface area (TPSA) is 38.0 Å². The van der Waals surface area contributed by atoms with Crippen LogP contribution >= 0.6 is 28.1 Å². The largest absolute Gasteiger partial charge is 0.376 e. The zero-order chi connectivity index (χ0) is 11.6. The predicted octanol–water partition coefficient (Wildman–Crippen LogP) is 3.40. The first-order valence-corrected chi connectivity index (χ1v) is 5.87. The molecule has 0 atom stereocenters. The highest BCUT2D eigenvalue weighted by Gasteiger charge is 2.14. The van der Waals surface area contributed by atoms with E-state index in [4.69, 9.17) is 18.0 Å². The van der Waals surface area contributed by atoms with Gasteiger partial charge in [0.05, 0.1) is 5.69 Å². The highest BCUT2D eigenvalue weighted by Crippen LogP contribution is 2.29. The van der Waals surface area contributed by atoms with Gasteiger partial charge in [0.25, 0.3) is 0 Å². The van der Waals surface area contributed by atoms with Crippen LogP contribution in [0.5, 0.6) is 0 Å². The van der Waals surface area contributed by atoms with E-state index in [1.807, 2.05) is 6.07 Å². The number of hydrogen-bond donors (Lipinski definition) is 2. The molecule has 0 amide bonds. The summed E-state index contributed by atoms with van der Waals surface area (Å²) < 4.78 is 0.961. The Morgan fingerprint density at radius 1 is 1.40 bits per heavy atom. The van der Waals surface area contributed by atoms with Crippen LogP contribution in [-0.2, 0) is 5.41 Å². The summed E-state index contributed by atoms with van der Waals surface area (Å²) in [5, 5.41) is 3.23. The van der Waals surface area contributed by atoms with Crippen LogP contribution in [0.1, 0.15) is 26.3 Å². The Hall–Kier alpha value is -0.610. The van der Waals surface area contributed by atoms with E-state index in [0.717, 1.165) is 10.2 Å². The summed E-state index contributed by atoms with van der Waals surface area (Å²) in [6.07, 6.45) is 0. The molecule has 0 unspecified atom stereocenters. The second-order valence-electron chi connectivity index (χ2n) is 4.43. The zero-order valence-corrected chi connectivity index (χ0v) is 11.5. The van der Waals surface area contributed by atoms with Crippen molar-refractivity contribution in [1.29, 1.82) is 0 Å². The molecule has 0 saturated heterocycles. The molecule has 0 aliphatic rings. The van der Waals surface area contributed by atoms with Gasteiger partial charge in [-0.2, -0.15) is 0 Å². The lowest BCUT2D eigenvalue weighted by Gasteiger charge is -2.20. The molecule has 0 aliphatic carbocycles. The number of nitrogens with one attached hydrogen (secondary N) is 1. The second-order valence-corrected chi connectivity index (χ2v) is 5.73. The van der Waals surface area contributed by atoms with Crippen molar-refractivity contribution in [3.05, 3.63) is 28.2 Å². The quantitative estimate of drug-likeness (QED) is 0.777. The molecular weight excluding hydrogens is 272 g/mol. The van der Waals surface area contributed by atoms with E-state index in [1.54, 1.807) is 0 Å². The molecule has 0 saturated carbocycles. The average Bonchev–Trinajstić information content (AvgIpc) is 2.06. The molecule has 4 heteroatoms. The van der Waals surface area contributed by atoms with Crippen LogP contribution in [0.25, 0.3) is 0 Å². The van der Waals surface area contributed by atoms with Crippen molar-refractivity contribution in [2.75, 3.05) is 5.32 Å². The molecule has 1 rings (SSSR count). The van der Waals surface area contributed by atoms with Crippen LogP contribution in [-0.4, -0.2) is 5.11 Å². The molecule has 2 nitrogen and oxygen atoms in total. The summed E-state index contributed by atoms with van der Waals surface area (Å²) in [4.78, 5) is 0. The van der Waals surface area contributed by atoms with E-state index < -0.39 is 0 Å². The molecule has 1 aromatic carbocycles. The SMILES string of the molecule is CC(C)(C)c1ccc(Br)c(NC(N)=S)c1. The smallest absolute Gasteiger partial charge is 0.168 e. The van der Waals surface area contributed by atoms with Gasteiger partial charge in [0, 0.05) is 4.47 Å². The number of anilines is 1. The van der Waals surface area contributed by atoms with Crippen LogP contribution in [0.4, 0.5) is 5.69 Å². The first kappa shape index (κ1) is 12.5. The second kappa shape index (κ2) is 4.49. The van der Waals surface area contributed by atoms with E-state index in [-0.39, 0.29) is 10.5 Å². The fraction of sp³-hybridized carbons (Fsp3) is 0.364. The number of rotatable bonds is 1. The Morgan fingerprint density at radius 3 is 2.47 bits per heavy atom. The van der Waals surface area contributed by atoms with Gasteiger partial charge in [-0.1, -0.05) is 26.8 Å². The highest BCUT2D eigenvalue weighted by atomic mass is 79.9. The van der Waals surface area contributed by atoms with E-state index in [1.165, 1.54) is 5.56 Å². The number of hydrogen-bond acceptors (Lipinski definition) is 1. The number of nitrogens with two attached hydrogens (primary N) is 1. The Morgan fingerprint density at radius 2 is 2.00 bits per heavy atom. The van der Waals surface area contributed by atoms with Crippen molar-refractivity contribution in [2.45, 2.75) is 26.2 Å². The molecule has 0 aliphatic heterocycles. The summed E-state index contributed by atoms with van der Waals surface area (Å²) in [7, 11) is 0. The maximum Gasteiger partial charge on any atom is 0.168 e. The van der Waals surface area contributed by atoms with Crippen molar-refractivity contribution < 1.29 is 0 Å². The van der Waals surface area contributed by atoms with Crippen molar-refractivity contribution in [1.82, 2.24) is 0 Å². The third kappa shape index (κ3) is 3.47. The Balaban J connectivity index is 3.11. The van der Waals surface area contributed by atoms with Crippen LogP contribution in [0.2, 0.25) is 0 Å². The Bertz CT molecular complexity index is 383. The minimum Gasteiger partial charge on any atom is -0.376 e. The highest BCUT2D eigenvalue weighted by molar-refractivity contribution is 9.10. The molecule has 82 valence electrons. The first-order valence-electron chi connectivity index (χ1n) is 4.67. The third-order valence-electron chi connectivity index (χ3n) is 2.09. The fourth-order valence-corrected chi connectivity index (χ4v) is 1.68. The summed E-state index contributed by atoms with van der Waals surface area (Å²) in [6.45, 7) is 6.50. The van der Waals surface area contributed by atoms with Crippen LogP contribution in [0, 0.1) is 0 Å². The summed E-state index contributed by atoms with van der Waals surface area (Å²) in [6, 6.07) is 6.15. The third-order valence-corrected chi connectivity index (χ3v) is 2.88. The van der Waals surface area contributed by atoms with Crippen molar-refractivity contribution in [3.8, 4) is 0 Å². The van der Waals surface area contributed by atoms with E-state index in [0.29, 0.717) is 0 Å². The molecule has 0 spiro atoms. The lowest BCUT2D eigenvalue weighted by molar-refractivity contribution is 0.590. The maximum atomic E-state index is 5.45. The number of halogens is 1. The Labute approximate surface area is 104 Å². The first-order chi connectivity index (χ1) is 6.80. The molecular formula is C11H15BrN2S. The molecule has 0 radical (unpaired) electrons. The average molecular weight is 287 g/mol. The molecule has 15 heavy (non-hydrogen) atoms. The van der Waals surface area contributed by atoms with Crippen LogP contribution < -0.4 is 11.1 Å². The zero-order valence-electron chi connectivity index (χ0n) is 9.10. The fourth-order valence-electron chi connectivity index (χ4n) is 1.22. The lowest BCUT2D eigenvalue weighted by Crippen LogP contribution is -2.20. The monoisotopic (exact) mass is 286 g/mol. The molecule has 0 aromatic heterocycles. The molecule has 1 aromatic rings. The van der Waals surface area contributed by atoms with Crippen LogP contribution in [0.15, 0.2) is 22.7 Å². The minimum absolute atomic E-state index is 0.118. The Kier molecular flexibility index (Phi) is 3.73. The van der Waals surface area contributed by atoms with Gasteiger partial charge >= 0.3 is 0 Å². The lowest BCUT2D eigenvalue weighted by atomic mass is 9.87. The van der Waals surface area contributed by atoms with E-state index in [2.05, 4.69) is 54.2 Å². The number of benzene rings is 1. The number of thiocarbonyl (C=S) groups is 1. The van der Waals surface area contributed by atoms with Gasteiger partial charge in [0.1, 0.15) is 0 Å². The summed E-state index contributed by atoms with van der Waals surface area (Å²) >= 11 is 8.27. The molecule has 0 bridgehead atoms. The van der Waals surface area contributed by atoms with Crippen molar-refractivity contribution >= 4 is 38.9 Å². The minimum atomic E-state index is 0.118. The van der Waals surface area contributed by atoms with Gasteiger partial charge in [-0.05, 0) is 51.3 Å². The summed E-state index contributed by atoms with van der Waals surface area (Å²) in [5.41, 5.74) is 7.72. The van der Waals surface area contributed by atoms with Gasteiger partial charge in [-0.25, -0.2) is 0 Å². The van der Waals surface area contributed by atoms with Crippen LogP contribution in [0.3, 0.4) is 0 Å². The summed E-state index contributed by atoms with van der Waals surface area (Å²) in [5.74, 6) is 0. The molecule has 0 fully saturated rings. The van der Waals surface area contributed by atoms with Gasteiger partial charge in [0.2, 0.25) is 0 Å². The predicted molar refractivity (Wildman–Crippen MR) is 73.3 cm³/mol. The van der Waals surface area contributed by atoms with Crippen molar-refractivity contribution in [2.24, 2.45) is 5.73 Å². The van der Waals surface area contributed by atoms with E-state index >= 15 is 0 Å². The van der Waals surface area contributed by atoms with Gasteiger partial charge in [-0.3, -0.25) is 0 Å². The van der Waals surface area contributed by atoms with Crippen molar-refractivity contribution in [3.63, 3.8) is 0 Å². The normalized spacial score (nSPS) is 11.2. The van der Waals surface area contributed by atoms with Gasteiger partial charge in [0.15, 0.2) is 5.11 Å². The standard InChI is InChI=1S/C11H15BrN2S/c1-11(2,3)7-4-5-8(12)9(6-7)14-10(13)15/h4-6H,1-3H3,(H3,13,14,15). The molecule has 0 heterocycles. The maximum absolute atomic E-state index is 5.45. The van der Waals surface area contributed by atoms with Gasteiger partial charge in [-0.15, -0.1) is 0 Å². The van der Waals surface area contributed by atoms with E-state index in [9.17, 15) is 0 Å².